The van der Waals surface area contributed by atoms with Crippen molar-refractivity contribution in [3.8, 4) is 0 Å². The van der Waals surface area contributed by atoms with Crippen LogP contribution in [0, 0.1) is 5.82 Å². The maximum atomic E-state index is 13.3. The van der Waals surface area contributed by atoms with Gasteiger partial charge in [0, 0.05) is 5.69 Å². The second-order valence-electron chi connectivity index (χ2n) is 3.91. The van der Waals surface area contributed by atoms with E-state index in [1.54, 1.807) is 36.4 Å². The van der Waals surface area contributed by atoms with E-state index < -0.39 is 11.8 Å². The molecule has 2 aromatic rings. The number of aliphatic hydroxyl groups excluding tert-OH is 1. The highest BCUT2D eigenvalue weighted by molar-refractivity contribution is 5.99. The zero-order chi connectivity index (χ0) is 13.7. The minimum absolute atomic E-state index is 0.0539. The van der Waals surface area contributed by atoms with Crippen LogP contribution in [-0.2, 0) is 6.61 Å². The Labute approximate surface area is 109 Å². The smallest absolute Gasteiger partial charge is 0.323 e. The molecule has 5 heteroatoms. The minimum atomic E-state index is -0.526. The van der Waals surface area contributed by atoms with Crippen LogP contribution in [0.5, 0.6) is 0 Å². The normalized spacial score (nSPS) is 10.0. The van der Waals surface area contributed by atoms with Crippen LogP contribution >= 0.6 is 0 Å². The summed E-state index contributed by atoms with van der Waals surface area (Å²) in [6.07, 6.45) is 0. The molecule has 19 heavy (non-hydrogen) atoms. The standard InChI is InChI=1S/C14H13FN2O2/c15-12-3-1-2-4-13(12)17-14(19)16-11-7-5-10(9-18)6-8-11/h1-8,18H,9H2,(H2,16,17,19). The summed E-state index contributed by atoms with van der Waals surface area (Å²) >= 11 is 0. The molecule has 3 N–H and O–H groups in total. The van der Waals surface area contributed by atoms with Gasteiger partial charge in [0.15, 0.2) is 0 Å². The topological polar surface area (TPSA) is 61.4 Å². The van der Waals surface area contributed by atoms with Crippen molar-refractivity contribution in [3.05, 3.63) is 59.9 Å². The highest BCUT2D eigenvalue weighted by Crippen LogP contribution is 2.14. The summed E-state index contributed by atoms with van der Waals surface area (Å²) < 4.78 is 13.3. The van der Waals surface area contributed by atoms with Crippen molar-refractivity contribution in [1.82, 2.24) is 0 Å². The molecule has 0 radical (unpaired) electrons. The van der Waals surface area contributed by atoms with Gasteiger partial charge < -0.3 is 15.7 Å². The van der Waals surface area contributed by atoms with Gasteiger partial charge in [-0.2, -0.15) is 0 Å². The number of aliphatic hydroxyl groups is 1. The predicted octanol–water partition coefficient (Wildman–Crippen LogP) is 2.96. The van der Waals surface area contributed by atoms with Crippen LogP contribution < -0.4 is 10.6 Å². The first-order valence-corrected chi connectivity index (χ1v) is 5.71. The van der Waals surface area contributed by atoms with Crippen LogP contribution in [0.4, 0.5) is 20.6 Å². The molecule has 0 heterocycles. The highest BCUT2D eigenvalue weighted by Gasteiger charge is 2.06. The van der Waals surface area contributed by atoms with E-state index in [2.05, 4.69) is 10.6 Å². The van der Waals surface area contributed by atoms with E-state index in [0.717, 1.165) is 5.56 Å². The van der Waals surface area contributed by atoms with Crippen LogP contribution in [0.25, 0.3) is 0 Å². The van der Waals surface area contributed by atoms with Crippen molar-refractivity contribution >= 4 is 17.4 Å². The Kier molecular flexibility index (Phi) is 4.10. The van der Waals surface area contributed by atoms with E-state index in [0.29, 0.717) is 5.69 Å². The number of halogens is 1. The van der Waals surface area contributed by atoms with Gasteiger partial charge in [-0.3, -0.25) is 0 Å². The zero-order valence-corrected chi connectivity index (χ0v) is 10.1. The number of carbonyl (C=O) groups excluding carboxylic acids is 1. The average Bonchev–Trinajstić information content (AvgIpc) is 2.42. The van der Waals surface area contributed by atoms with Crippen LogP contribution in [0.2, 0.25) is 0 Å². The number of hydrogen-bond donors (Lipinski definition) is 3. The fourth-order valence-electron chi connectivity index (χ4n) is 1.54. The molecule has 0 spiro atoms. The van der Waals surface area contributed by atoms with E-state index in [9.17, 15) is 9.18 Å². The van der Waals surface area contributed by atoms with E-state index >= 15 is 0 Å². The molecule has 0 saturated heterocycles. The second kappa shape index (κ2) is 5.97. The first-order valence-electron chi connectivity index (χ1n) is 5.71. The molecule has 2 rings (SSSR count). The largest absolute Gasteiger partial charge is 0.392 e. The van der Waals surface area contributed by atoms with Crippen molar-refractivity contribution in [2.45, 2.75) is 6.61 Å². The summed E-state index contributed by atoms with van der Waals surface area (Å²) in [5.74, 6) is -0.492. The number of rotatable bonds is 3. The number of benzene rings is 2. The summed E-state index contributed by atoms with van der Waals surface area (Å²) in [5.41, 5.74) is 1.43. The lowest BCUT2D eigenvalue weighted by molar-refractivity contribution is 0.262. The van der Waals surface area contributed by atoms with Crippen molar-refractivity contribution in [2.24, 2.45) is 0 Å². The van der Waals surface area contributed by atoms with Crippen molar-refractivity contribution < 1.29 is 14.3 Å². The summed E-state index contributed by atoms with van der Waals surface area (Å²) in [6.45, 7) is -0.0539. The van der Waals surface area contributed by atoms with Gasteiger partial charge in [-0.1, -0.05) is 24.3 Å². The molecule has 0 fully saturated rings. The molecule has 0 bridgehead atoms. The Morgan fingerprint density at radius 3 is 2.37 bits per heavy atom. The average molecular weight is 260 g/mol. The lowest BCUT2D eigenvalue weighted by Gasteiger charge is -2.08. The number of urea groups is 1. The third-order valence-electron chi connectivity index (χ3n) is 2.52. The summed E-state index contributed by atoms with van der Waals surface area (Å²) in [5, 5.41) is 13.9. The maximum Gasteiger partial charge on any atom is 0.323 e. The lowest BCUT2D eigenvalue weighted by Crippen LogP contribution is -2.20. The van der Waals surface area contributed by atoms with Gasteiger partial charge in [-0.25, -0.2) is 9.18 Å². The Bertz CT molecular complexity index is 570. The number of amides is 2. The van der Waals surface area contributed by atoms with Gasteiger partial charge >= 0.3 is 6.03 Å². The van der Waals surface area contributed by atoms with Crippen molar-refractivity contribution in [1.29, 1.82) is 0 Å². The Morgan fingerprint density at radius 2 is 1.74 bits per heavy atom. The Morgan fingerprint density at radius 1 is 1.05 bits per heavy atom. The minimum Gasteiger partial charge on any atom is -0.392 e. The quantitative estimate of drug-likeness (QED) is 0.794. The maximum absolute atomic E-state index is 13.3. The molecule has 4 nitrogen and oxygen atoms in total. The molecule has 2 amide bonds. The van der Waals surface area contributed by atoms with Gasteiger partial charge in [-0.05, 0) is 29.8 Å². The van der Waals surface area contributed by atoms with Gasteiger partial charge in [-0.15, -0.1) is 0 Å². The molecular formula is C14H13FN2O2. The molecule has 0 atom stereocenters. The fraction of sp³-hybridized carbons (Fsp3) is 0.0714. The molecule has 0 aliphatic carbocycles. The summed E-state index contributed by atoms with van der Waals surface area (Å²) in [4.78, 5) is 11.7. The zero-order valence-electron chi connectivity index (χ0n) is 10.1. The number of hydrogen-bond acceptors (Lipinski definition) is 2. The molecular weight excluding hydrogens is 247 g/mol. The van der Waals surface area contributed by atoms with Crippen molar-refractivity contribution in [2.75, 3.05) is 10.6 Å². The summed E-state index contributed by atoms with van der Waals surface area (Å²) in [7, 11) is 0. The number of anilines is 2. The molecule has 0 aliphatic rings. The van der Waals surface area contributed by atoms with Crippen LogP contribution in [0.3, 0.4) is 0 Å². The van der Waals surface area contributed by atoms with Gasteiger partial charge in [0.05, 0.1) is 12.3 Å². The van der Waals surface area contributed by atoms with Gasteiger partial charge in [0.1, 0.15) is 5.82 Å². The first-order chi connectivity index (χ1) is 9.19. The monoisotopic (exact) mass is 260 g/mol. The van der Waals surface area contributed by atoms with E-state index in [1.165, 1.54) is 12.1 Å². The van der Waals surface area contributed by atoms with Crippen LogP contribution in [-0.4, -0.2) is 11.1 Å². The first kappa shape index (κ1) is 13.0. The Balaban J connectivity index is 1.99. The van der Waals surface area contributed by atoms with Crippen molar-refractivity contribution in [3.63, 3.8) is 0 Å². The molecule has 98 valence electrons. The predicted molar refractivity (Wildman–Crippen MR) is 71.4 cm³/mol. The van der Waals surface area contributed by atoms with E-state index in [1.807, 2.05) is 0 Å². The molecule has 0 aromatic heterocycles. The fourth-order valence-corrected chi connectivity index (χ4v) is 1.54. The van der Waals surface area contributed by atoms with Crippen LogP contribution in [0.15, 0.2) is 48.5 Å². The van der Waals surface area contributed by atoms with Gasteiger partial charge in [0.25, 0.3) is 0 Å². The van der Waals surface area contributed by atoms with E-state index in [4.69, 9.17) is 5.11 Å². The van der Waals surface area contributed by atoms with E-state index in [-0.39, 0.29) is 12.3 Å². The number of nitrogens with one attached hydrogen (secondary N) is 2. The number of para-hydroxylation sites is 1. The highest BCUT2D eigenvalue weighted by atomic mass is 19.1. The SMILES string of the molecule is O=C(Nc1ccc(CO)cc1)Nc1ccccc1F. The van der Waals surface area contributed by atoms with Crippen LogP contribution in [0.1, 0.15) is 5.56 Å². The molecule has 2 aromatic carbocycles. The molecule has 0 saturated carbocycles. The lowest BCUT2D eigenvalue weighted by atomic mass is 10.2. The second-order valence-corrected chi connectivity index (χ2v) is 3.91. The summed E-state index contributed by atoms with van der Waals surface area (Å²) in [6, 6.07) is 12.1. The number of carbonyl (C=O) groups is 1. The Hall–Kier alpha value is -2.40. The third kappa shape index (κ3) is 3.53. The third-order valence-corrected chi connectivity index (χ3v) is 2.52. The molecule has 0 aliphatic heterocycles. The molecule has 0 unspecified atom stereocenters. The van der Waals surface area contributed by atoms with Gasteiger partial charge in [0.2, 0.25) is 0 Å².